The molecular weight excluding hydrogens is 308 g/mol. The van der Waals surface area contributed by atoms with Crippen molar-refractivity contribution in [3.05, 3.63) is 48.6 Å². The summed E-state index contributed by atoms with van der Waals surface area (Å²) in [6.07, 6.45) is 5.42. The molecule has 2 heterocycles. The number of ketones is 1. The van der Waals surface area contributed by atoms with E-state index in [0.29, 0.717) is 17.9 Å². The third-order valence-electron chi connectivity index (χ3n) is 5.28. The van der Waals surface area contributed by atoms with Gasteiger partial charge in [-0.1, -0.05) is 25.1 Å². The third-order valence-corrected chi connectivity index (χ3v) is 5.28. The van der Waals surface area contributed by atoms with E-state index in [0.717, 1.165) is 5.56 Å². The zero-order chi connectivity index (χ0) is 16.9. The molecule has 0 saturated carbocycles. The van der Waals surface area contributed by atoms with E-state index >= 15 is 0 Å². The lowest BCUT2D eigenvalue weighted by molar-refractivity contribution is -0.212. The van der Waals surface area contributed by atoms with Crippen molar-refractivity contribution in [1.82, 2.24) is 0 Å². The van der Waals surface area contributed by atoms with Crippen LogP contribution in [-0.2, 0) is 9.53 Å². The van der Waals surface area contributed by atoms with Crippen LogP contribution in [0.4, 0.5) is 0 Å². The Bertz CT molecular complexity index is 724. The molecule has 1 saturated heterocycles. The SMILES string of the molecule is C=CC[C@H]1C=CC(=O)[C@@]2(O)O[C@@H](c3ccc4c(c3)OCO4)[C@@H](C)[C@H]12. The van der Waals surface area contributed by atoms with Gasteiger partial charge in [0.1, 0.15) is 0 Å². The van der Waals surface area contributed by atoms with E-state index in [1.807, 2.05) is 37.3 Å². The first-order valence-corrected chi connectivity index (χ1v) is 8.18. The van der Waals surface area contributed by atoms with Crippen LogP contribution in [0, 0.1) is 17.8 Å². The van der Waals surface area contributed by atoms with Gasteiger partial charge in [-0.3, -0.25) is 4.79 Å². The third kappa shape index (κ3) is 2.12. The highest BCUT2D eigenvalue weighted by Gasteiger charge is 2.59. The lowest BCUT2D eigenvalue weighted by Crippen LogP contribution is -2.49. The summed E-state index contributed by atoms with van der Waals surface area (Å²) in [5.74, 6) is -1.11. The summed E-state index contributed by atoms with van der Waals surface area (Å²) in [4.78, 5) is 12.3. The van der Waals surface area contributed by atoms with Crippen LogP contribution in [0.2, 0.25) is 0 Å². The molecule has 3 aliphatic rings. The molecule has 5 nitrogen and oxygen atoms in total. The van der Waals surface area contributed by atoms with E-state index in [-0.39, 0.29) is 36.4 Å². The van der Waals surface area contributed by atoms with Crippen LogP contribution in [0.15, 0.2) is 43.0 Å². The van der Waals surface area contributed by atoms with Crippen molar-refractivity contribution in [1.29, 1.82) is 0 Å². The van der Waals surface area contributed by atoms with Crippen LogP contribution < -0.4 is 9.47 Å². The molecular formula is C19H20O5. The Morgan fingerprint density at radius 2 is 2.17 bits per heavy atom. The molecule has 5 atom stereocenters. The number of hydrogen-bond acceptors (Lipinski definition) is 5. The molecule has 1 aromatic rings. The number of fused-ring (bicyclic) bond motifs is 2. The Hall–Kier alpha value is -2.11. The standard InChI is InChI=1S/C19H20O5/c1-3-4-12-6-8-16(20)19(21)17(12)11(2)18(24-19)13-5-7-14-15(9-13)23-10-22-14/h3,5-9,11-12,17-18,21H,1,4,10H2,2H3/t11-,12-,17+,18+,19+/m0/s1. The van der Waals surface area contributed by atoms with Crippen LogP contribution in [0.25, 0.3) is 0 Å². The Balaban J connectivity index is 1.70. The van der Waals surface area contributed by atoms with Crippen molar-refractivity contribution in [3.8, 4) is 11.5 Å². The van der Waals surface area contributed by atoms with E-state index in [4.69, 9.17) is 14.2 Å². The second-order valence-corrected chi connectivity index (χ2v) is 6.64. The molecule has 1 aliphatic carbocycles. The topological polar surface area (TPSA) is 65.0 Å². The fourth-order valence-corrected chi connectivity index (χ4v) is 4.16. The largest absolute Gasteiger partial charge is 0.454 e. The average Bonchev–Trinajstić information content (AvgIpc) is 3.13. The van der Waals surface area contributed by atoms with Gasteiger partial charge in [0, 0.05) is 5.92 Å². The molecule has 5 heteroatoms. The molecule has 1 N–H and O–H groups in total. The highest BCUT2D eigenvalue weighted by Crippen LogP contribution is 2.53. The first kappa shape index (κ1) is 15.4. The van der Waals surface area contributed by atoms with Gasteiger partial charge in [-0.15, -0.1) is 6.58 Å². The molecule has 0 aromatic heterocycles. The van der Waals surface area contributed by atoms with E-state index in [9.17, 15) is 9.90 Å². The lowest BCUT2D eigenvalue weighted by atomic mass is 9.71. The van der Waals surface area contributed by atoms with Gasteiger partial charge < -0.3 is 19.3 Å². The van der Waals surface area contributed by atoms with Crippen LogP contribution in [0.3, 0.4) is 0 Å². The number of carbonyl (C=O) groups is 1. The predicted molar refractivity (Wildman–Crippen MR) is 86.4 cm³/mol. The Morgan fingerprint density at radius 3 is 2.96 bits per heavy atom. The number of aliphatic hydroxyl groups is 1. The van der Waals surface area contributed by atoms with Gasteiger partial charge in [-0.2, -0.15) is 0 Å². The molecule has 24 heavy (non-hydrogen) atoms. The first-order valence-electron chi connectivity index (χ1n) is 8.18. The van der Waals surface area contributed by atoms with Crippen molar-refractivity contribution >= 4 is 5.78 Å². The van der Waals surface area contributed by atoms with E-state index < -0.39 is 5.79 Å². The summed E-state index contributed by atoms with van der Waals surface area (Å²) in [6.45, 7) is 6.00. The lowest BCUT2D eigenvalue weighted by Gasteiger charge is -2.35. The second kappa shape index (κ2) is 5.46. The smallest absolute Gasteiger partial charge is 0.235 e. The van der Waals surface area contributed by atoms with Crippen LogP contribution in [0.1, 0.15) is 25.0 Å². The van der Waals surface area contributed by atoms with Crippen molar-refractivity contribution in [3.63, 3.8) is 0 Å². The van der Waals surface area contributed by atoms with E-state index in [1.165, 1.54) is 6.08 Å². The van der Waals surface area contributed by atoms with Gasteiger partial charge in [0.25, 0.3) is 0 Å². The molecule has 0 spiro atoms. The fraction of sp³-hybridized carbons (Fsp3) is 0.421. The Kier molecular flexibility index (Phi) is 3.51. The minimum absolute atomic E-state index is 0.0270. The first-order chi connectivity index (χ1) is 11.5. The maximum atomic E-state index is 12.3. The van der Waals surface area contributed by atoms with E-state index in [1.54, 1.807) is 0 Å². The molecule has 1 aromatic carbocycles. The maximum absolute atomic E-state index is 12.3. The minimum Gasteiger partial charge on any atom is -0.454 e. The van der Waals surface area contributed by atoms with Crippen molar-refractivity contribution < 1.29 is 24.1 Å². The highest BCUT2D eigenvalue weighted by atomic mass is 16.7. The van der Waals surface area contributed by atoms with Gasteiger partial charge in [-0.25, -0.2) is 0 Å². The number of ether oxygens (including phenoxy) is 3. The number of allylic oxidation sites excluding steroid dienone is 2. The molecule has 1 fully saturated rings. The van der Waals surface area contributed by atoms with E-state index in [2.05, 4.69) is 6.58 Å². The van der Waals surface area contributed by atoms with Crippen LogP contribution in [-0.4, -0.2) is 23.5 Å². The van der Waals surface area contributed by atoms with Crippen molar-refractivity contribution in [2.24, 2.45) is 17.8 Å². The quantitative estimate of drug-likeness (QED) is 0.864. The molecule has 0 bridgehead atoms. The predicted octanol–water partition coefficient (Wildman–Crippen LogP) is 2.76. The van der Waals surface area contributed by atoms with Gasteiger partial charge in [0.05, 0.1) is 6.10 Å². The molecule has 0 amide bonds. The zero-order valence-corrected chi connectivity index (χ0v) is 13.5. The van der Waals surface area contributed by atoms with Crippen LogP contribution >= 0.6 is 0 Å². The molecule has 126 valence electrons. The molecule has 0 radical (unpaired) electrons. The zero-order valence-electron chi connectivity index (χ0n) is 13.5. The maximum Gasteiger partial charge on any atom is 0.235 e. The summed E-state index contributed by atoms with van der Waals surface area (Å²) in [7, 11) is 0. The van der Waals surface area contributed by atoms with Gasteiger partial charge in [0.2, 0.25) is 18.4 Å². The minimum atomic E-state index is -1.77. The van der Waals surface area contributed by atoms with Gasteiger partial charge >= 0.3 is 0 Å². The van der Waals surface area contributed by atoms with Crippen molar-refractivity contribution in [2.75, 3.05) is 6.79 Å². The summed E-state index contributed by atoms with van der Waals surface area (Å²) in [5.41, 5.74) is 0.875. The number of carbonyl (C=O) groups excluding carboxylic acids is 1. The van der Waals surface area contributed by atoms with Gasteiger partial charge in [0.15, 0.2) is 11.5 Å². The average molecular weight is 328 g/mol. The number of rotatable bonds is 3. The molecule has 2 aliphatic heterocycles. The van der Waals surface area contributed by atoms with Crippen LogP contribution in [0.5, 0.6) is 11.5 Å². The Labute approximate surface area is 140 Å². The highest BCUT2D eigenvalue weighted by molar-refractivity contribution is 5.97. The number of benzene rings is 1. The van der Waals surface area contributed by atoms with Gasteiger partial charge in [-0.05, 0) is 42.0 Å². The number of hydrogen-bond donors (Lipinski definition) is 1. The monoisotopic (exact) mass is 328 g/mol. The fourth-order valence-electron chi connectivity index (χ4n) is 4.16. The van der Waals surface area contributed by atoms with Crippen molar-refractivity contribution in [2.45, 2.75) is 25.2 Å². The summed E-state index contributed by atoms with van der Waals surface area (Å²) in [5, 5.41) is 11.0. The molecule has 0 unspecified atom stereocenters. The summed E-state index contributed by atoms with van der Waals surface area (Å²) >= 11 is 0. The second-order valence-electron chi connectivity index (χ2n) is 6.64. The molecule has 4 rings (SSSR count). The normalized spacial score (nSPS) is 36.7. The summed E-state index contributed by atoms with van der Waals surface area (Å²) in [6, 6.07) is 5.60. The Morgan fingerprint density at radius 1 is 1.38 bits per heavy atom. The summed E-state index contributed by atoms with van der Waals surface area (Å²) < 4.78 is 16.7.